The smallest absolute Gasteiger partial charge is 0.255 e. The molecule has 1 unspecified atom stereocenters. The quantitative estimate of drug-likeness (QED) is 0.795. The third-order valence-corrected chi connectivity index (χ3v) is 7.23. The van der Waals surface area contributed by atoms with E-state index in [1.807, 2.05) is 6.92 Å². The lowest BCUT2D eigenvalue weighted by Crippen LogP contribution is -2.42. The summed E-state index contributed by atoms with van der Waals surface area (Å²) in [6.07, 6.45) is 2.59. The molecule has 1 aliphatic heterocycles. The Hall–Kier alpha value is -2.45. The van der Waals surface area contributed by atoms with Crippen molar-refractivity contribution in [1.29, 1.82) is 0 Å². The summed E-state index contributed by atoms with van der Waals surface area (Å²) in [7, 11) is -2.42. The monoisotopic (exact) mass is 420 g/mol. The van der Waals surface area contributed by atoms with E-state index in [1.165, 1.54) is 47.8 Å². The summed E-state index contributed by atoms with van der Waals surface area (Å²) in [5, 5.41) is 2.70. The number of amides is 1. The van der Waals surface area contributed by atoms with Crippen LogP contribution >= 0.6 is 0 Å². The summed E-state index contributed by atoms with van der Waals surface area (Å²) in [4.78, 5) is 12.7. The number of benzene rings is 2. The van der Waals surface area contributed by atoms with Gasteiger partial charge in [-0.15, -0.1) is 0 Å². The van der Waals surface area contributed by atoms with Gasteiger partial charge in [-0.1, -0.05) is 6.42 Å². The zero-order valence-corrected chi connectivity index (χ0v) is 17.6. The molecule has 0 aromatic heterocycles. The molecule has 1 amide bonds. The number of rotatable bonds is 5. The van der Waals surface area contributed by atoms with E-state index < -0.39 is 21.7 Å². The summed E-state index contributed by atoms with van der Waals surface area (Å²) in [5.74, 6) is -0.684. The van der Waals surface area contributed by atoms with Crippen molar-refractivity contribution < 1.29 is 22.3 Å². The number of piperidine rings is 1. The van der Waals surface area contributed by atoms with Gasteiger partial charge in [-0.2, -0.15) is 4.31 Å². The molecule has 3 rings (SSSR count). The Labute approximate surface area is 170 Å². The molecule has 6 nitrogen and oxygen atoms in total. The summed E-state index contributed by atoms with van der Waals surface area (Å²) in [6.45, 7) is 4.01. The van der Waals surface area contributed by atoms with Crippen LogP contribution in [-0.4, -0.2) is 38.3 Å². The molecule has 0 radical (unpaired) electrons. The third-order valence-electron chi connectivity index (χ3n) is 5.19. The van der Waals surface area contributed by atoms with Crippen molar-refractivity contribution in [3.8, 4) is 5.75 Å². The Morgan fingerprint density at radius 2 is 1.97 bits per heavy atom. The molecule has 29 heavy (non-hydrogen) atoms. The van der Waals surface area contributed by atoms with Crippen molar-refractivity contribution >= 4 is 21.6 Å². The SMILES string of the molecule is COc1ccc(C(=O)Nc2ccc(F)cc2C)cc1S(=O)(=O)N1CCCCC1C. The Bertz CT molecular complexity index is 1020. The summed E-state index contributed by atoms with van der Waals surface area (Å²) in [5.41, 5.74) is 1.21. The first-order valence-corrected chi connectivity index (χ1v) is 11.0. The average molecular weight is 421 g/mol. The summed E-state index contributed by atoms with van der Waals surface area (Å²) < 4.78 is 46.6. The molecule has 1 fully saturated rings. The molecular weight excluding hydrogens is 395 g/mol. The van der Waals surface area contributed by atoms with Crippen LogP contribution in [0.1, 0.15) is 42.1 Å². The van der Waals surface area contributed by atoms with Crippen molar-refractivity contribution in [3.05, 3.63) is 53.3 Å². The van der Waals surface area contributed by atoms with Crippen LogP contribution < -0.4 is 10.1 Å². The normalized spacial score (nSPS) is 17.7. The van der Waals surface area contributed by atoms with Crippen molar-refractivity contribution in [3.63, 3.8) is 0 Å². The van der Waals surface area contributed by atoms with Gasteiger partial charge in [0, 0.05) is 23.8 Å². The van der Waals surface area contributed by atoms with Gasteiger partial charge in [-0.25, -0.2) is 12.8 Å². The molecule has 0 bridgehead atoms. The second-order valence-corrected chi connectivity index (χ2v) is 9.10. The van der Waals surface area contributed by atoms with E-state index in [4.69, 9.17) is 4.74 Å². The number of ether oxygens (including phenoxy) is 1. The number of sulfonamides is 1. The first-order chi connectivity index (χ1) is 13.7. The highest BCUT2D eigenvalue weighted by Gasteiger charge is 2.33. The van der Waals surface area contributed by atoms with E-state index in [0.29, 0.717) is 17.8 Å². The van der Waals surface area contributed by atoms with E-state index in [2.05, 4.69) is 5.32 Å². The standard InChI is InChI=1S/C21H25FN2O4S/c1-14-12-17(22)8-9-18(14)23-21(25)16-7-10-19(28-3)20(13-16)29(26,27)24-11-5-4-6-15(24)2/h7-10,12-13,15H,4-6,11H2,1-3H3,(H,23,25). The van der Waals surface area contributed by atoms with Crippen LogP contribution in [0.4, 0.5) is 10.1 Å². The Kier molecular flexibility index (Phi) is 6.24. The molecule has 2 aromatic carbocycles. The average Bonchev–Trinajstić information content (AvgIpc) is 2.69. The predicted molar refractivity (Wildman–Crippen MR) is 109 cm³/mol. The minimum atomic E-state index is -3.82. The number of halogens is 1. The van der Waals surface area contributed by atoms with Crippen molar-refractivity contribution in [2.45, 2.75) is 44.0 Å². The van der Waals surface area contributed by atoms with Gasteiger partial charge in [0.2, 0.25) is 10.0 Å². The zero-order chi connectivity index (χ0) is 21.2. The maximum Gasteiger partial charge on any atom is 0.255 e. The number of carbonyl (C=O) groups excluding carboxylic acids is 1. The molecule has 1 heterocycles. The van der Waals surface area contributed by atoms with Crippen LogP contribution in [0.25, 0.3) is 0 Å². The molecule has 0 spiro atoms. The number of nitrogens with one attached hydrogen (secondary N) is 1. The van der Waals surface area contributed by atoms with E-state index in [1.54, 1.807) is 6.92 Å². The first-order valence-electron chi connectivity index (χ1n) is 9.51. The molecular formula is C21H25FN2O4S. The number of anilines is 1. The Morgan fingerprint density at radius 1 is 1.21 bits per heavy atom. The van der Waals surface area contributed by atoms with E-state index >= 15 is 0 Å². The fraction of sp³-hybridized carbons (Fsp3) is 0.381. The highest BCUT2D eigenvalue weighted by Crippen LogP contribution is 2.32. The number of nitrogens with zero attached hydrogens (tertiary/aromatic N) is 1. The highest BCUT2D eigenvalue weighted by atomic mass is 32.2. The van der Waals surface area contributed by atoms with Gasteiger partial charge in [0.15, 0.2) is 0 Å². The van der Waals surface area contributed by atoms with Gasteiger partial charge >= 0.3 is 0 Å². The Morgan fingerprint density at radius 3 is 2.62 bits per heavy atom. The predicted octanol–water partition coefficient (Wildman–Crippen LogP) is 3.96. The van der Waals surface area contributed by atoms with Crippen molar-refractivity contribution in [1.82, 2.24) is 4.31 Å². The molecule has 156 valence electrons. The lowest BCUT2D eigenvalue weighted by Gasteiger charge is -2.32. The van der Waals surface area contributed by atoms with Crippen LogP contribution in [0.15, 0.2) is 41.3 Å². The molecule has 1 saturated heterocycles. The zero-order valence-electron chi connectivity index (χ0n) is 16.7. The van der Waals surface area contributed by atoms with Gasteiger partial charge in [-0.05, 0) is 68.7 Å². The van der Waals surface area contributed by atoms with Gasteiger partial charge in [-0.3, -0.25) is 4.79 Å². The number of hydrogen-bond acceptors (Lipinski definition) is 4. The van der Waals surface area contributed by atoms with Crippen LogP contribution in [0.5, 0.6) is 5.75 Å². The number of methoxy groups -OCH3 is 1. The molecule has 1 N–H and O–H groups in total. The first kappa shape index (κ1) is 21.3. The molecule has 1 aliphatic rings. The third kappa shape index (κ3) is 4.43. The minimum Gasteiger partial charge on any atom is -0.495 e. The Balaban J connectivity index is 1.95. The fourth-order valence-corrected chi connectivity index (χ4v) is 5.42. The molecule has 8 heteroatoms. The molecule has 2 aromatic rings. The van der Waals surface area contributed by atoms with Gasteiger partial charge in [0.25, 0.3) is 5.91 Å². The molecule has 0 aliphatic carbocycles. The molecule has 1 atom stereocenters. The number of aryl methyl sites for hydroxylation is 1. The van der Waals surface area contributed by atoms with E-state index in [0.717, 1.165) is 19.3 Å². The van der Waals surface area contributed by atoms with Gasteiger partial charge in [0.1, 0.15) is 16.5 Å². The highest BCUT2D eigenvalue weighted by molar-refractivity contribution is 7.89. The van der Waals surface area contributed by atoms with E-state index in [-0.39, 0.29) is 22.3 Å². The molecule has 0 saturated carbocycles. The van der Waals surface area contributed by atoms with Crippen LogP contribution in [0.3, 0.4) is 0 Å². The van der Waals surface area contributed by atoms with Crippen molar-refractivity contribution in [2.75, 3.05) is 19.0 Å². The lowest BCUT2D eigenvalue weighted by molar-refractivity contribution is 0.102. The van der Waals surface area contributed by atoms with Crippen LogP contribution in [-0.2, 0) is 10.0 Å². The fourth-order valence-electron chi connectivity index (χ4n) is 3.54. The lowest BCUT2D eigenvalue weighted by atomic mass is 10.1. The largest absolute Gasteiger partial charge is 0.495 e. The number of hydrogen-bond donors (Lipinski definition) is 1. The summed E-state index contributed by atoms with van der Waals surface area (Å²) >= 11 is 0. The summed E-state index contributed by atoms with van der Waals surface area (Å²) in [6, 6.07) is 8.25. The number of carbonyl (C=O) groups is 1. The topological polar surface area (TPSA) is 75.7 Å². The van der Waals surface area contributed by atoms with Crippen molar-refractivity contribution in [2.24, 2.45) is 0 Å². The van der Waals surface area contributed by atoms with Gasteiger partial charge < -0.3 is 10.1 Å². The maximum atomic E-state index is 13.3. The van der Waals surface area contributed by atoms with E-state index in [9.17, 15) is 17.6 Å². The second-order valence-electron chi connectivity index (χ2n) is 7.24. The van der Waals surface area contributed by atoms with Crippen LogP contribution in [0, 0.1) is 12.7 Å². The van der Waals surface area contributed by atoms with Gasteiger partial charge in [0.05, 0.1) is 7.11 Å². The second kappa shape index (κ2) is 8.51. The maximum absolute atomic E-state index is 13.3. The van der Waals surface area contributed by atoms with Crippen LogP contribution in [0.2, 0.25) is 0 Å². The minimum absolute atomic E-state index is 0.0303.